The van der Waals surface area contributed by atoms with E-state index < -0.39 is 22.5 Å². The number of ketones is 2. The van der Waals surface area contributed by atoms with Crippen molar-refractivity contribution in [2.75, 3.05) is 0 Å². The third kappa shape index (κ3) is 1.47. The van der Waals surface area contributed by atoms with E-state index in [-0.39, 0.29) is 11.1 Å². The molecule has 1 unspecified atom stereocenters. The van der Waals surface area contributed by atoms with E-state index in [1.54, 1.807) is 12.1 Å². The molecule has 0 aliphatic heterocycles. The van der Waals surface area contributed by atoms with Crippen LogP contribution in [-0.4, -0.2) is 16.5 Å². The molecule has 0 fully saturated rings. The lowest BCUT2D eigenvalue weighted by atomic mass is 9.95. The number of nitro groups is 1. The molecule has 0 aromatic heterocycles. The zero-order valence-corrected chi connectivity index (χ0v) is 11.3. The van der Waals surface area contributed by atoms with Gasteiger partial charge in [-0.05, 0) is 27.6 Å². The van der Waals surface area contributed by atoms with Crippen LogP contribution in [0.1, 0.15) is 22.0 Å². The Kier molecular flexibility index (Phi) is 2.42. The Bertz CT molecular complexity index is 1010. The molecule has 0 heterocycles. The van der Waals surface area contributed by atoms with E-state index in [0.717, 1.165) is 16.2 Å². The largest absolute Gasteiger partial charge is 0.304 e. The molecule has 3 aromatic rings. The molecule has 106 valence electrons. The van der Waals surface area contributed by atoms with Crippen LogP contribution in [0.15, 0.2) is 48.5 Å². The number of benzene rings is 3. The van der Waals surface area contributed by atoms with Gasteiger partial charge in [0, 0.05) is 10.5 Å². The summed E-state index contributed by atoms with van der Waals surface area (Å²) in [6, 6.07) is 12.9. The minimum atomic E-state index is -1.59. The minimum absolute atomic E-state index is 0.148. The highest BCUT2D eigenvalue weighted by Crippen LogP contribution is 2.38. The lowest BCUT2D eigenvalue weighted by molar-refractivity contribution is -0.511. The Morgan fingerprint density at radius 2 is 1.59 bits per heavy atom. The molecule has 0 bridgehead atoms. The van der Waals surface area contributed by atoms with E-state index >= 15 is 0 Å². The Labute approximate surface area is 124 Å². The summed E-state index contributed by atoms with van der Waals surface area (Å²) in [6.07, 6.45) is 0. The van der Waals surface area contributed by atoms with Gasteiger partial charge in [-0.25, -0.2) is 0 Å². The molecular formula is C17H9NO4. The van der Waals surface area contributed by atoms with Crippen LogP contribution in [0.5, 0.6) is 0 Å². The molecule has 0 radical (unpaired) electrons. The van der Waals surface area contributed by atoms with Gasteiger partial charge in [0.2, 0.25) is 5.78 Å². The van der Waals surface area contributed by atoms with E-state index in [1.807, 2.05) is 30.3 Å². The van der Waals surface area contributed by atoms with Gasteiger partial charge < -0.3 is 0 Å². The highest BCUT2D eigenvalue weighted by atomic mass is 16.6. The smallest absolute Gasteiger partial charge is 0.285 e. The van der Waals surface area contributed by atoms with Crippen molar-refractivity contribution in [2.24, 2.45) is 0 Å². The summed E-state index contributed by atoms with van der Waals surface area (Å²) < 4.78 is 0. The van der Waals surface area contributed by atoms with Gasteiger partial charge in [0.1, 0.15) is 0 Å². The fourth-order valence-electron chi connectivity index (χ4n) is 3.19. The number of rotatable bonds is 1. The monoisotopic (exact) mass is 291 g/mol. The van der Waals surface area contributed by atoms with E-state index in [2.05, 4.69) is 0 Å². The van der Waals surface area contributed by atoms with Crippen molar-refractivity contribution < 1.29 is 14.5 Å². The van der Waals surface area contributed by atoms with Gasteiger partial charge in [0.25, 0.3) is 5.78 Å². The fraction of sp³-hybridized carbons (Fsp3) is 0.0588. The van der Waals surface area contributed by atoms with Crippen molar-refractivity contribution in [1.29, 1.82) is 0 Å². The highest BCUT2D eigenvalue weighted by Gasteiger charge is 2.47. The van der Waals surface area contributed by atoms with Crippen LogP contribution in [0.25, 0.3) is 21.5 Å². The topological polar surface area (TPSA) is 77.3 Å². The Balaban J connectivity index is 2.17. The number of hydrogen-bond donors (Lipinski definition) is 0. The van der Waals surface area contributed by atoms with Crippen molar-refractivity contribution in [3.05, 3.63) is 69.8 Å². The molecule has 5 heteroatoms. The quantitative estimate of drug-likeness (QED) is 0.299. The Morgan fingerprint density at radius 1 is 0.864 bits per heavy atom. The first kappa shape index (κ1) is 12.6. The van der Waals surface area contributed by atoms with Crippen molar-refractivity contribution in [3.8, 4) is 0 Å². The first-order valence-electron chi connectivity index (χ1n) is 6.76. The lowest BCUT2D eigenvalue weighted by Crippen LogP contribution is -2.19. The first-order chi connectivity index (χ1) is 10.6. The van der Waals surface area contributed by atoms with Crippen LogP contribution in [0.3, 0.4) is 0 Å². The maximum absolute atomic E-state index is 12.0. The number of Topliss-reactive ketones (excluding diaryl/α,β-unsaturated/α-hetero) is 2. The summed E-state index contributed by atoms with van der Waals surface area (Å²) in [5.41, 5.74) is 0.373. The summed E-state index contributed by atoms with van der Waals surface area (Å²) in [7, 11) is 0. The molecule has 4 rings (SSSR count). The van der Waals surface area contributed by atoms with Crippen molar-refractivity contribution >= 4 is 33.1 Å². The second kappa shape index (κ2) is 4.21. The third-order valence-electron chi connectivity index (χ3n) is 4.17. The summed E-state index contributed by atoms with van der Waals surface area (Å²) in [4.78, 5) is 34.5. The van der Waals surface area contributed by atoms with Gasteiger partial charge >= 0.3 is 6.04 Å². The molecule has 5 nitrogen and oxygen atoms in total. The van der Waals surface area contributed by atoms with Gasteiger partial charge in [-0.2, -0.15) is 0 Å². The number of nitrogens with zero attached hydrogens (tertiary/aromatic N) is 1. The molecule has 3 aromatic carbocycles. The summed E-state index contributed by atoms with van der Waals surface area (Å²) in [5, 5.41) is 14.6. The van der Waals surface area contributed by atoms with Crippen molar-refractivity contribution in [1.82, 2.24) is 0 Å². The number of fused-ring (bicyclic) bond motifs is 5. The van der Waals surface area contributed by atoms with Crippen LogP contribution in [0, 0.1) is 10.1 Å². The fourth-order valence-corrected chi connectivity index (χ4v) is 3.19. The van der Waals surface area contributed by atoms with Gasteiger partial charge in [-0.1, -0.05) is 42.5 Å². The zero-order chi connectivity index (χ0) is 15.4. The summed E-state index contributed by atoms with van der Waals surface area (Å²) in [6.45, 7) is 0. The molecule has 22 heavy (non-hydrogen) atoms. The van der Waals surface area contributed by atoms with Crippen LogP contribution >= 0.6 is 0 Å². The second-order valence-corrected chi connectivity index (χ2v) is 5.29. The number of hydrogen-bond acceptors (Lipinski definition) is 4. The maximum atomic E-state index is 12.0. The Hall–Kier alpha value is -3.08. The normalized spacial score (nSPS) is 17.2. The standard InChI is InChI=1S/C17H9NO4/c19-16-13-8-7-11-10-4-2-1-3-9(10)5-6-12(11)14(13)15(17(16)20)18(21)22/h1-8,15H. The van der Waals surface area contributed by atoms with E-state index in [4.69, 9.17) is 0 Å². The SMILES string of the molecule is O=C1C(=O)C([N+](=O)[O-])c2c1ccc1c2ccc2ccccc21. The molecule has 0 amide bonds. The molecule has 1 aliphatic carbocycles. The predicted octanol–water partition coefficient (Wildman–Crippen LogP) is 3.08. The molecular weight excluding hydrogens is 282 g/mol. The maximum Gasteiger partial charge on any atom is 0.304 e. The van der Waals surface area contributed by atoms with Gasteiger partial charge in [0.15, 0.2) is 0 Å². The molecule has 0 saturated carbocycles. The Morgan fingerprint density at radius 3 is 2.36 bits per heavy atom. The zero-order valence-electron chi connectivity index (χ0n) is 11.3. The van der Waals surface area contributed by atoms with Crippen LogP contribution in [0.2, 0.25) is 0 Å². The molecule has 0 N–H and O–H groups in total. The minimum Gasteiger partial charge on any atom is -0.285 e. The highest BCUT2D eigenvalue weighted by molar-refractivity contribution is 6.49. The van der Waals surface area contributed by atoms with Crippen LogP contribution < -0.4 is 0 Å². The summed E-state index contributed by atoms with van der Waals surface area (Å²) in [5.74, 6) is -1.73. The lowest BCUT2D eigenvalue weighted by Gasteiger charge is -2.09. The summed E-state index contributed by atoms with van der Waals surface area (Å²) >= 11 is 0. The second-order valence-electron chi connectivity index (χ2n) is 5.29. The average Bonchev–Trinajstić information content (AvgIpc) is 2.79. The molecule has 0 saturated heterocycles. The van der Waals surface area contributed by atoms with Crippen molar-refractivity contribution in [3.63, 3.8) is 0 Å². The molecule has 1 aliphatic rings. The number of carbonyl (C=O) groups is 2. The van der Waals surface area contributed by atoms with Crippen molar-refractivity contribution in [2.45, 2.75) is 6.04 Å². The van der Waals surface area contributed by atoms with Crippen LogP contribution in [-0.2, 0) is 4.79 Å². The van der Waals surface area contributed by atoms with Gasteiger partial charge in [0.05, 0.1) is 5.56 Å². The van der Waals surface area contributed by atoms with E-state index in [9.17, 15) is 19.7 Å². The molecule has 1 atom stereocenters. The van der Waals surface area contributed by atoms with E-state index in [1.165, 1.54) is 6.07 Å². The predicted molar refractivity (Wildman–Crippen MR) is 80.5 cm³/mol. The van der Waals surface area contributed by atoms with Gasteiger partial charge in [-0.3, -0.25) is 19.7 Å². The third-order valence-corrected chi connectivity index (χ3v) is 4.17. The van der Waals surface area contributed by atoms with Crippen LogP contribution in [0.4, 0.5) is 0 Å². The van der Waals surface area contributed by atoms with E-state index in [0.29, 0.717) is 5.39 Å². The first-order valence-corrected chi connectivity index (χ1v) is 6.76. The van der Waals surface area contributed by atoms with Gasteiger partial charge in [-0.15, -0.1) is 0 Å². The average molecular weight is 291 g/mol. The molecule has 0 spiro atoms. The number of carbonyl (C=O) groups excluding carboxylic acids is 2.